The molecule has 2 atom stereocenters. The van der Waals surface area contributed by atoms with E-state index in [4.69, 9.17) is 4.74 Å². The van der Waals surface area contributed by atoms with Gasteiger partial charge in [0, 0.05) is 19.1 Å². The summed E-state index contributed by atoms with van der Waals surface area (Å²) in [5.74, 6) is 0.00758. The number of benzene rings is 1. The van der Waals surface area contributed by atoms with Gasteiger partial charge in [-0.3, -0.25) is 14.4 Å². The van der Waals surface area contributed by atoms with E-state index >= 15 is 0 Å². The Kier molecular flexibility index (Phi) is 5.54. The molecule has 2 aliphatic heterocycles. The minimum atomic E-state index is -0.265. The predicted octanol–water partition coefficient (Wildman–Crippen LogP) is 4.13. The zero-order valence-corrected chi connectivity index (χ0v) is 19.0. The van der Waals surface area contributed by atoms with Crippen molar-refractivity contribution in [2.24, 2.45) is 0 Å². The molecule has 0 aliphatic carbocycles. The molecule has 166 valence electrons. The van der Waals surface area contributed by atoms with Crippen molar-refractivity contribution in [3.63, 3.8) is 0 Å². The molecule has 0 spiro atoms. The molecule has 2 fully saturated rings. The van der Waals surface area contributed by atoms with Gasteiger partial charge in [-0.2, -0.15) is 5.10 Å². The standard InChI is InChI=1S/C24H32N4O3/c1-16-15-20(28(25-16)24(3,4)5)22(29)26-13-11-19(12-14-26)27-17(2)21(31-23(27)30)18-9-7-6-8-10-18/h6-10,15,17,19,21H,11-14H2,1-5H3. The number of carbonyl (C=O) groups is 2. The highest BCUT2D eigenvalue weighted by atomic mass is 16.6. The lowest BCUT2D eigenvalue weighted by Gasteiger charge is -2.37. The summed E-state index contributed by atoms with van der Waals surface area (Å²) in [4.78, 5) is 29.7. The van der Waals surface area contributed by atoms with Gasteiger partial charge in [0.15, 0.2) is 0 Å². The third kappa shape index (κ3) is 4.05. The molecule has 2 amide bonds. The van der Waals surface area contributed by atoms with Crippen molar-refractivity contribution >= 4 is 12.0 Å². The van der Waals surface area contributed by atoms with E-state index in [-0.39, 0.29) is 35.7 Å². The lowest BCUT2D eigenvalue weighted by atomic mass is 9.98. The number of piperidine rings is 1. The smallest absolute Gasteiger partial charge is 0.411 e. The van der Waals surface area contributed by atoms with Crippen LogP contribution in [0.4, 0.5) is 4.79 Å². The molecule has 0 N–H and O–H groups in total. The molecular weight excluding hydrogens is 392 g/mol. The van der Waals surface area contributed by atoms with Crippen LogP contribution < -0.4 is 0 Å². The van der Waals surface area contributed by atoms with Crippen molar-refractivity contribution in [2.45, 2.75) is 71.2 Å². The molecule has 2 aliphatic rings. The maximum atomic E-state index is 13.2. The average molecular weight is 425 g/mol. The van der Waals surface area contributed by atoms with Crippen molar-refractivity contribution in [3.05, 3.63) is 53.3 Å². The first-order valence-electron chi connectivity index (χ1n) is 11.1. The van der Waals surface area contributed by atoms with Crippen molar-refractivity contribution in [2.75, 3.05) is 13.1 Å². The zero-order valence-electron chi connectivity index (χ0n) is 19.0. The van der Waals surface area contributed by atoms with Crippen LogP contribution in [-0.2, 0) is 10.3 Å². The first-order valence-corrected chi connectivity index (χ1v) is 11.1. The van der Waals surface area contributed by atoms with Gasteiger partial charge < -0.3 is 9.64 Å². The van der Waals surface area contributed by atoms with Gasteiger partial charge >= 0.3 is 6.09 Å². The Labute approximate surface area is 184 Å². The minimum Gasteiger partial charge on any atom is -0.439 e. The Hall–Kier alpha value is -2.83. The van der Waals surface area contributed by atoms with Gasteiger partial charge in [-0.05, 0) is 59.1 Å². The van der Waals surface area contributed by atoms with Gasteiger partial charge in [0.1, 0.15) is 11.8 Å². The zero-order chi connectivity index (χ0) is 22.3. The quantitative estimate of drug-likeness (QED) is 0.743. The summed E-state index contributed by atoms with van der Waals surface area (Å²) in [6.45, 7) is 11.3. The molecular formula is C24H32N4O3. The molecule has 4 rings (SSSR count). The highest BCUT2D eigenvalue weighted by Crippen LogP contribution is 2.36. The van der Waals surface area contributed by atoms with E-state index in [0.29, 0.717) is 18.8 Å². The Balaban J connectivity index is 1.43. The molecule has 0 radical (unpaired) electrons. The first kappa shape index (κ1) is 21.4. The molecule has 2 aromatic rings. The molecule has 7 nitrogen and oxygen atoms in total. The van der Waals surface area contributed by atoms with Gasteiger partial charge in [0.2, 0.25) is 0 Å². The number of hydrogen-bond donors (Lipinski definition) is 0. The number of ether oxygens (including phenoxy) is 1. The van der Waals surface area contributed by atoms with Crippen LogP contribution in [-0.4, -0.2) is 56.8 Å². The third-order valence-electron chi connectivity index (χ3n) is 6.27. The molecule has 7 heteroatoms. The maximum absolute atomic E-state index is 13.2. The summed E-state index contributed by atoms with van der Waals surface area (Å²) < 4.78 is 7.54. The molecule has 31 heavy (non-hydrogen) atoms. The van der Waals surface area contributed by atoms with Crippen LogP contribution in [0.2, 0.25) is 0 Å². The van der Waals surface area contributed by atoms with E-state index in [9.17, 15) is 9.59 Å². The Morgan fingerprint density at radius 1 is 1.13 bits per heavy atom. The SMILES string of the molecule is Cc1cc(C(=O)N2CCC(N3C(=O)OC(c4ccccc4)C3C)CC2)n(C(C)(C)C)n1. The predicted molar refractivity (Wildman–Crippen MR) is 118 cm³/mol. The topological polar surface area (TPSA) is 67.7 Å². The third-order valence-corrected chi connectivity index (χ3v) is 6.27. The van der Waals surface area contributed by atoms with Crippen LogP contribution in [0.15, 0.2) is 36.4 Å². The van der Waals surface area contributed by atoms with Gasteiger partial charge in [-0.15, -0.1) is 0 Å². The summed E-state index contributed by atoms with van der Waals surface area (Å²) in [6.07, 6.45) is 0.982. The normalized spacial score (nSPS) is 22.7. The first-order chi connectivity index (χ1) is 14.7. The monoisotopic (exact) mass is 424 g/mol. The van der Waals surface area contributed by atoms with E-state index in [1.807, 2.05) is 85.5 Å². The van der Waals surface area contributed by atoms with Crippen LogP contribution in [0.25, 0.3) is 0 Å². The molecule has 2 saturated heterocycles. The number of aryl methyl sites for hydroxylation is 1. The van der Waals surface area contributed by atoms with Gasteiger partial charge in [-0.25, -0.2) is 4.79 Å². The summed E-state index contributed by atoms with van der Waals surface area (Å²) in [6, 6.07) is 11.8. The number of hydrogen-bond acceptors (Lipinski definition) is 4. The lowest BCUT2D eigenvalue weighted by Crippen LogP contribution is -2.49. The van der Waals surface area contributed by atoms with Crippen LogP contribution in [0.5, 0.6) is 0 Å². The van der Waals surface area contributed by atoms with Crippen molar-refractivity contribution in [1.82, 2.24) is 19.6 Å². The Morgan fingerprint density at radius 2 is 1.77 bits per heavy atom. The minimum absolute atomic E-state index is 0.00758. The molecule has 2 unspecified atom stereocenters. The molecule has 1 aromatic heterocycles. The molecule has 3 heterocycles. The van der Waals surface area contributed by atoms with Crippen molar-refractivity contribution in [3.8, 4) is 0 Å². The number of aromatic nitrogens is 2. The fraction of sp³-hybridized carbons (Fsp3) is 0.542. The van der Waals surface area contributed by atoms with Crippen LogP contribution >= 0.6 is 0 Å². The number of nitrogens with zero attached hydrogens (tertiary/aromatic N) is 4. The summed E-state index contributed by atoms with van der Waals surface area (Å²) in [5, 5.41) is 4.53. The highest BCUT2D eigenvalue weighted by molar-refractivity contribution is 5.93. The van der Waals surface area contributed by atoms with Gasteiger partial charge in [-0.1, -0.05) is 30.3 Å². The maximum Gasteiger partial charge on any atom is 0.411 e. The van der Waals surface area contributed by atoms with E-state index in [1.54, 1.807) is 0 Å². The largest absolute Gasteiger partial charge is 0.439 e. The van der Waals surface area contributed by atoms with Crippen LogP contribution in [0.3, 0.4) is 0 Å². The van der Waals surface area contributed by atoms with E-state index < -0.39 is 0 Å². The number of amides is 2. The number of carbonyl (C=O) groups excluding carboxylic acids is 2. The second-order valence-corrected chi connectivity index (χ2v) is 9.64. The van der Waals surface area contributed by atoms with Gasteiger partial charge in [0.05, 0.1) is 17.3 Å². The van der Waals surface area contributed by atoms with Crippen molar-refractivity contribution in [1.29, 1.82) is 0 Å². The number of cyclic esters (lactones) is 1. The fourth-order valence-corrected chi connectivity index (χ4v) is 4.72. The Morgan fingerprint density at radius 3 is 2.39 bits per heavy atom. The molecule has 1 aromatic carbocycles. The number of rotatable bonds is 3. The molecule has 0 saturated carbocycles. The fourth-order valence-electron chi connectivity index (χ4n) is 4.72. The summed E-state index contributed by atoms with van der Waals surface area (Å²) >= 11 is 0. The average Bonchev–Trinajstić information content (AvgIpc) is 3.28. The van der Waals surface area contributed by atoms with Gasteiger partial charge in [0.25, 0.3) is 5.91 Å². The van der Waals surface area contributed by atoms with E-state index in [2.05, 4.69) is 5.10 Å². The lowest BCUT2D eigenvalue weighted by molar-refractivity contribution is 0.0621. The molecule has 0 bridgehead atoms. The second kappa shape index (κ2) is 8.02. The number of likely N-dealkylation sites (tertiary alicyclic amines) is 1. The highest BCUT2D eigenvalue weighted by Gasteiger charge is 2.44. The van der Waals surface area contributed by atoms with E-state index in [0.717, 1.165) is 24.1 Å². The Bertz CT molecular complexity index is 955. The second-order valence-electron chi connectivity index (χ2n) is 9.64. The van der Waals surface area contributed by atoms with Crippen LogP contribution in [0, 0.1) is 6.92 Å². The van der Waals surface area contributed by atoms with E-state index in [1.165, 1.54) is 0 Å². The summed E-state index contributed by atoms with van der Waals surface area (Å²) in [7, 11) is 0. The van der Waals surface area contributed by atoms with Crippen LogP contribution in [0.1, 0.15) is 68.4 Å². The summed E-state index contributed by atoms with van der Waals surface area (Å²) in [5.41, 5.74) is 2.22. The van der Waals surface area contributed by atoms with Crippen molar-refractivity contribution < 1.29 is 14.3 Å².